The van der Waals surface area contributed by atoms with E-state index in [0.717, 1.165) is 17.0 Å². The SMILES string of the molecule is CC(C)(C)c1ccccc1NC(=O)c1cc(NCc2ccco2)ncn1. The van der Waals surface area contributed by atoms with Crippen molar-refractivity contribution < 1.29 is 9.21 Å². The van der Waals surface area contributed by atoms with E-state index in [1.54, 1.807) is 12.3 Å². The Labute approximate surface area is 152 Å². The number of para-hydroxylation sites is 1. The smallest absolute Gasteiger partial charge is 0.274 e. The summed E-state index contributed by atoms with van der Waals surface area (Å²) >= 11 is 0. The zero-order valence-electron chi connectivity index (χ0n) is 15.1. The van der Waals surface area contributed by atoms with E-state index in [4.69, 9.17) is 4.42 Å². The number of nitrogens with one attached hydrogen (secondary N) is 2. The van der Waals surface area contributed by atoms with E-state index in [9.17, 15) is 4.79 Å². The van der Waals surface area contributed by atoms with Crippen molar-refractivity contribution in [2.24, 2.45) is 0 Å². The van der Waals surface area contributed by atoms with E-state index in [1.807, 2.05) is 36.4 Å². The maximum Gasteiger partial charge on any atom is 0.274 e. The summed E-state index contributed by atoms with van der Waals surface area (Å²) in [5, 5.41) is 6.07. The van der Waals surface area contributed by atoms with Crippen LogP contribution in [0.3, 0.4) is 0 Å². The fraction of sp³-hybridized carbons (Fsp3) is 0.250. The summed E-state index contributed by atoms with van der Waals surface area (Å²) in [5.74, 6) is 1.07. The van der Waals surface area contributed by atoms with Crippen molar-refractivity contribution in [3.63, 3.8) is 0 Å². The fourth-order valence-electron chi connectivity index (χ4n) is 2.60. The third-order valence-corrected chi connectivity index (χ3v) is 3.91. The van der Waals surface area contributed by atoms with Crippen LogP contribution in [0.1, 0.15) is 42.6 Å². The Morgan fingerprint density at radius 1 is 1.12 bits per heavy atom. The van der Waals surface area contributed by atoms with Crippen LogP contribution in [-0.2, 0) is 12.0 Å². The molecule has 0 aliphatic carbocycles. The monoisotopic (exact) mass is 350 g/mol. The molecule has 3 rings (SSSR count). The standard InChI is InChI=1S/C20H22N4O2/c1-20(2,3)15-8-4-5-9-16(15)24-19(25)17-11-18(23-13-22-17)21-12-14-7-6-10-26-14/h4-11,13H,12H2,1-3H3,(H,24,25)(H,21,22,23). The second-order valence-electron chi connectivity index (χ2n) is 6.97. The van der Waals surface area contributed by atoms with E-state index in [1.165, 1.54) is 6.33 Å². The molecule has 0 unspecified atom stereocenters. The maximum absolute atomic E-state index is 12.6. The van der Waals surface area contributed by atoms with Crippen LogP contribution < -0.4 is 10.6 Å². The molecular formula is C20H22N4O2. The molecule has 134 valence electrons. The Kier molecular flexibility index (Phi) is 5.02. The lowest BCUT2D eigenvalue weighted by Crippen LogP contribution is -2.19. The summed E-state index contributed by atoms with van der Waals surface area (Å²) in [6.45, 7) is 6.82. The van der Waals surface area contributed by atoms with E-state index in [0.29, 0.717) is 18.1 Å². The highest BCUT2D eigenvalue weighted by molar-refractivity contribution is 6.03. The molecule has 3 aromatic rings. The van der Waals surface area contributed by atoms with Crippen molar-refractivity contribution in [3.8, 4) is 0 Å². The van der Waals surface area contributed by atoms with Crippen molar-refractivity contribution >= 4 is 17.4 Å². The third kappa shape index (κ3) is 4.27. The van der Waals surface area contributed by atoms with Crippen LogP contribution in [0.5, 0.6) is 0 Å². The van der Waals surface area contributed by atoms with E-state index in [2.05, 4.69) is 41.4 Å². The molecule has 26 heavy (non-hydrogen) atoms. The van der Waals surface area contributed by atoms with Gasteiger partial charge in [0.1, 0.15) is 23.6 Å². The molecule has 2 N–H and O–H groups in total. The predicted molar refractivity (Wildman–Crippen MR) is 101 cm³/mol. The van der Waals surface area contributed by atoms with Gasteiger partial charge in [-0.1, -0.05) is 39.0 Å². The number of hydrogen-bond acceptors (Lipinski definition) is 5. The number of furan rings is 1. The first-order valence-corrected chi connectivity index (χ1v) is 8.42. The van der Waals surface area contributed by atoms with Crippen LogP contribution in [0.2, 0.25) is 0 Å². The molecule has 2 heterocycles. The minimum absolute atomic E-state index is 0.0781. The Bertz CT molecular complexity index is 883. The molecule has 1 amide bonds. The third-order valence-electron chi connectivity index (χ3n) is 3.91. The molecule has 0 saturated carbocycles. The quantitative estimate of drug-likeness (QED) is 0.720. The van der Waals surface area contributed by atoms with Gasteiger partial charge in [0, 0.05) is 11.8 Å². The zero-order chi connectivity index (χ0) is 18.6. The Morgan fingerprint density at radius 2 is 1.92 bits per heavy atom. The van der Waals surface area contributed by atoms with Crippen LogP contribution in [-0.4, -0.2) is 15.9 Å². The summed E-state index contributed by atoms with van der Waals surface area (Å²) in [6, 6.07) is 13.1. The van der Waals surface area contributed by atoms with Gasteiger partial charge in [-0.25, -0.2) is 9.97 Å². The minimum atomic E-state index is -0.273. The molecule has 2 aromatic heterocycles. The fourth-order valence-corrected chi connectivity index (χ4v) is 2.60. The number of aromatic nitrogens is 2. The van der Waals surface area contributed by atoms with Crippen molar-refractivity contribution in [1.29, 1.82) is 0 Å². The molecule has 6 heteroatoms. The van der Waals surface area contributed by atoms with Gasteiger partial charge in [-0.2, -0.15) is 0 Å². The summed E-state index contributed by atoms with van der Waals surface area (Å²) < 4.78 is 5.27. The van der Waals surface area contributed by atoms with Gasteiger partial charge in [0.15, 0.2) is 0 Å². The average molecular weight is 350 g/mol. The lowest BCUT2D eigenvalue weighted by atomic mass is 9.86. The highest BCUT2D eigenvalue weighted by atomic mass is 16.3. The van der Waals surface area contributed by atoms with Crippen LogP contribution in [0, 0.1) is 0 Å². The lowest BCUT2D eigenvalue weighted by molar-refractivity contribution is 0.102. The van der Waals surface area contributed by atoms with Crippen LogP contribution >= 0.6 is 0 Å². The molecule has 0 spiro atoms. The average Bonchev–Trinajstić information content (AvgIpc) is 3.13. The van der Waals surface area contributed by atoms with E-state index < -0.39 is 0 Å². The molecule has 0 bridgehead atoms. The first-order valence-electron chi connectivity index (χ1n) is 8.42. The molecule has 0 aliphatic heterocycles. The predicted octanol–water partition coefficient (Wildman–Crippen LogP) is 4.23. The largest absolute Gasteiger partial charge is 0.467 e. The zero-order valence-corrected chi connectivity index (χ0v) is 15.1. The molecule has 0 aliphatic rings. The number of carbonyl (C=O) groups excluding carboxylic acids is 1. The second-order valence-corrected chi connectivity index (χ2v) is 6.97. The molecule has 1 aromatic carbocycles. The normalized spacial score (nSPS) is 11.2. The Balaban J connectivity index is 1.74. The topological polar surface area (TPSA) is 80.0 Å². The second kappa shape index (κ2) is 7.39. The van der Waals surface area contributed by atoms with Gasteiger partial charge < -0.3 is 15.1 Å². The minimum Gasteiger partial charge on any atom is -0.467 e. The van der Waals surface area contributed by atoms with Gasteiger partial charge in [-0.15, -0.1) is 0 Å². The molecular weight excluding hydrogens is 328 g/mol. The van der Waals surface area contributed by atoms with E-state index in [-0.39, 0.29) is 11.3 Å². The van der Waals surface area contributed by atoms with Crippen LogP contribution in [0.25, 0.3) is 0 Å². The van der Waals surface area contributed by atoms with Gasteiger partial charge in [0.05, 0.1) is 12.8 Å². The number of carbonyl (C=O) groups is 1. The van der Waals surface area contributed by atoms with Gasteiger partial charge in [-0.05, 0) is 29.2 Å². The van der Waals surface area contributed by atoms with Gasteiger partial charge >= 0.3 is 0 Å². The molecule has 0 fully saturated rings. The summed E-state index contributed by atoms with van der Waals surface area (Å²) in [5.41, 5.74) is 2.07. The maximum atomic E-state index is 12.6. The number of rotatable bonds is 5. The molecule has 0 saturated heterocycles. The number of amides is 1. The summed E-state index contributed by atoms with van der Waals surface area (Å²) in [6.07, 6.45) is 2.98. The highest BCUT2D eigenvalue weighted by Crippen LogP contribution is 2.29. The number of nitrogens with zero attached hydrogens (tertiary/aromatic N) is 2. The van der Waals surface area contributed by atoms with Crippen molar-refractivity contribution in [2.45, 2.75) is 32.7 Å². The van der Waals surface area contributed by atoms with Crippen molar-refractivity contribution in [2.75, 3.05) is 10.6 Å². The number of hydrogen-bond donors (Lipinski definition) is 2. The molecule has 6 nitrogen and oxygen atoms in total. The first-order chi connectivity index (χ1) is 12.4. The first kappa shape index (κ1) is 17.7. The summed E-state index contributed by atoms with van der Waals surface area (Å²) in [7, 11) is 0. The number of benzene rings is 1. The Hall–Kier alpha value is -3.15. The van der Waals surface area contributed by atoms with Crippen molar-refractivity contribution in [1.82, 2.24) is 9.97 Å². The highest BCUT2D eigenvalue weighted by Gasteiger charge is 2.19. The number of anilines is 2. The molecule has 0 atom stereocenters. The van der Waals surface area contributed by atoms with Crippen LogP contribution in [0.4, 0.5) is 11.5 Å². The van der Waals surface area contributed by atoms with Gasteiger partial charge in [-0.3, -0.25) is 4.79 Å². The van der Waals surface area contributed by atoms with Gasteiger partial charge in [0.25, 0.3) is 5.91 Å². The summed E-state index contributed by atoms with van der Waals surface area (Å²) in [4.78, 5) is 20.9. The Morgan fingerprint density at radius 3 is 2.65 bits per heavy atom. The molecule has 0 radical (unpaired) electrons. The van der Waals surface area contributed by atoms with Crippen molar-refractivity contribution in [3.05, 3.63) is 72.1 Å². The lowest BCUT2D eigenvalue weighted by Gasteiger charge is -2.22. The van der Waals surface area contributed by atoms with E-state index >= 15 is 0 Å². The van der Waals surface area contributed by atoms with Gasteiger partial charge in [0.2, 0.25) is 0 Å². The van der Waals surface area contributed by atoms with Crippen LogP contribution in [0.15, 0.2) is 59.5 Å².